The van der Waals surface area contributed by atoms with Crippen LogP contribution in [0.1, 0.15) is 24.5 Å². The Morgan fingerprint density at radius 1 is 1.56 bits per heavy atom. The third-order valence-corrected chi connectivity index (χ3v) is 2.82. The molecule has 6 heteroatoms. The van der Waals surface area contributed by atoms with Crippen molar-refractivity contribution in [3.63, 3.8) is 0 Å². The van der Waals surface area contributed by atoms with Crippen LogP contribution in [0.3, 0.4) is 0 Å². The molecule has 0 fully saturated rings. The van der Waals surface area contributed by atoms with Gasteiger partial charge in [0.2, 0.25) is 0 Å². The Kier molecular flexibility index (Phi) is 3.19. The quantitative estimate of drug-likeness (QED) is 0.744. The van der Waals surface area contributed by atoms with E-state index in [2.05, 4.69) is 10.1 Å². The van der Waals surface area contributed by atoms with E-state index >= 15 is 0 Å². The van der Waals surface area contributed by atoms with E-state index in [-0.39, 0.29) is 12.5 Å². The van der Waals surface area contributed by atoms with E-state index in [0.717, 1.165) is 5.82 Å². The number of carboxylic acid groups (broad SMARTS) is 1. The summed E-state index contributed by atoms with van der Waals surface area (Å²) in [6.45, 7) is 0.750. The first-order chi connectivity index (χ1) is 7.70. The van der Waals surface area contributed by atoms with Crippen LogP contribution in [0, 0.1) is 5.92 Å². The molecule has 1 aliphatic rings. The molecule has 0 aromatic carbocycles. The van der Waals surface area contributed by atoms with Gasteiger partial charge in [0.1, 0.15) is 5.82 Å². The lowest BCUT2D eigenvalue weighted by Gasteiger charge is -2.17. The predicted molar refractivity (Wildman–Crippen MR) is 54.9 cm³/mol. The molecule has 0 saturated carbocycles. The number of aromatic nitrogens is 3. The lowest BCUT2D eigenvalue weighted by molar-refractivity contribution is -0.142. The molecule has 2 N–H and O–H groups in total. The van der Waals surface area contributed by atoms with Crippen LogP contribution < -0.4 is 0 Å². The van der Waals surface area contributed by atoms with Crippen LogP contribution in [0.15, 0.2) is 0 Å². The molecule has 1 aromatic rings. The number of carboxylic acids is 1. The third-order valence-electron chi connectivity index (χ3n) is 2.82. The van der Waals surface area contributed by atoms with E-state index in [0.29, 0.717) is 38.1 Å². The summed E-state index contributed by atoms with van der Waals surface area (Å²) in [5.41, 5.74) is 0. The highest BCUT2D eigenvalue weighted by Gasteiger charge is 2.26. The van der Waals surface area contributed by atoms with Gasteiger partial charge in [-0.15, -0.1) is 0 Å². The van der Waals surface area contributed by atoms with Crippen LogP contribution in [0.2, 0.25) is 0 Å². The number of rotatable bonds is 4. The van der Waals surface area contributed by atoms with Gasteiger partial charge in [-0.05, 0) is 12.8 Å². The van der Waals surface area contributed by atoms with E-state index in [9.17, 15) is 4.79 Å². The molecule has 0 amide bonds. The summed E-state index contributed by atoms with van der Waals surface area (Å²) in [4.78, 5) is 15.2. The number of carbonyl (C=O) groups is 1. The minimum Gasteiger partial charge on any atom is -0.481 e. The van der Waals surface area contributed by atoms with E-state index < -0.39 is 5.97 Å². The molecule has 1 atom stereocenters. The number of nitrogens with zero attached hydrogens (tertiary/aromatic N) is 3. The Labute approximate surface area is 92.9 Å². The number of aryl methyl sites for hydroxylation is 2. The average molecular weight is 225 g/mol. The van der Waals surface area contributed by atoms with Crippen LogP contribution >= 0.6 is 0 Å². The first-order valence-electron chi connectivity index (χ1n) is 5.47. The van der Waals surface area contributed by atoms with Crippen molar-refractivity contribution in [1.29, 1.82) is 0 Å². The maximum atomic E-state index is 10.9. The van der Waals surface area contributed by atoms with Crippen LogP contribution in [0.25, 0.3) is 0 Å². The Morgan fingerprint density at radius 2 is 2.38 bits per heavy atom. The normalized spacial score (nSPS) is 19.4. The SMILES string of the molecule is O=C(O)C1CCn2nc(CCCO)nc2C1. The molecule has 2 heterocycles. The van der Waals surface area contributed by atoms with Crippen LogP contribution in [0.4, 0.5) is 0 Å². The highest BCUT2D eigenvalue weighted by atomic mass is 16.4. The van der Waals surface area contributed by atoms with Gasteiger partial charge in [-0.25, -0.2) is 9.67 Å². The van der Waals surface area contributed by atoms with Gasteiger partial charge in [0.25, 0.3) is 0 Å². The minimum atomic E-state index is -0.758. The molecular formula is C10H15N3O3. The highest BCUT2D eigenvalue weighted by molar-refractivity contribution is 5.70. The maximum absolute atomic E-state index is 10.9. The summed E-state index contributed by atoms with van der Waals surface area (Å²) in [6, 6.07) is 0. The van der Waals surface area contributed by atoms with Crippen molar-refractivity contribution in [2.24, 2.45) is 5.92 Å². The second-order valence-corrected chi connectivity index (χ2v) is 4.02. The molecule has 0 radical (unpaired) electrons. The van der Waals surface area contributed by atoms with Crippen molar-refractivity contribution in [3.05, 3.63) is 11.6 Å². The van der Waals surface area contributed by atoms with Gasteiger partial charge in [-0.1, -0.05) is 0 Å². The van der Waals surface area contributed by atoms with Gasteiger partial charge in [0.15, 0.2) is 5.82 Å². The molecule has 0 aliphatic carbocycles. The van der Waals surface area contributed by atoms with Crippen molar-refractivity contribution in [2.75, 3.05) is 6.61 Å². The van der Waals surface area contributed by atoms with Crippen molar-refractivity contribution in [1.82, 2.24) is 14.8 Å². The molecule has 0 bridgehead atoms. The first kappa shape index (κ1) is 11.1. The summed E-state index contributed by atoms with van der Waals surface area (Å²) in [5.74, 6) is 0.371. The number of hydrogen-bond acceptors (Lipinski definition) is 4. The Balaban J connectivity index is 2.07. The number of aliphatic hydroxyl groups excluding tert-OH is 1. The lowest BCUT2D eigenvalue weighted by Crippen LogP contribution is -2.26. The number of aliphatic carboxylic acids is 1. The molecule has 16 heavy (non-hydrogen) atoms. The fraction of sp³-hybridized carbons (Fsp3) is 0.700. The van der Waals surface area contributed by atoms with E-state index in [4.69, 9.17) is 10.2 Å². The second-order valence-electron chi connectivity index (χ2n) is 4.02. The largest absolute Gasteiger partial charge is 0.481 e. The summed E-state index contributed by atoms with van der Waals surface area (Å²) in [7, 11) is 0. The topological polar surface area (TPSA) is 88.2 Å². The van der Waals surface area contributed by atoms with Crippen molar-refractivity contribution < 1.29 is 15.0 Å². The van der Waals surface area contributed by atoms with Crippen molar-refractivity contribution in [3.8, 4) is 0 Å². The molecule has 0 saturated heterocycles. The van der Waals surface area contributed by atoms with Crippen LogP contribution in [-0.4, -0.2) is 37.6 Å². The molecule has 88 valence electrons. The van der Waals surface area contributed by atoms with Crippen molar-refractivity contribution in [2.45, 2.75) is 32.2 Å². The molecule has 0 spiro atoms. The first-order valence-corrected chi connectivity index (χ1v) is 5.47. The zero-order valence-corrected chi connectivity index (χ0v) is 8.96. The zero-order chi connectivity index (χ0) is 11.5. The van der Waals surface area contributed by atoms with Gasteiger partial charge < -0.3 is 10.2 Å². The zero-order valence-electron chi connectivity index (χ0n) is 8.96. The van der Waals surface area contributed by atoms with E-state index in [1.165, 1.54) is 0 Å². The molecule has 2 rings (SSSR count). The average Bonchev–Trinajstić information content (AvgIpc) is 2.67. The Bertz CT molecular complexity index is 389. The van der Waals surface area contributed by atoms with Gasteiger partial charge in [-0.3, -0.25) is 4.79 Å². The Morgan fingerprint density at radius 3 is 3.06 bits per heavy atom. The molecule has 6 nitrogen and oxygen atoms in total. The molecule has 1 aromatic heterocycles. The van der Waals surface area contributed by atoms with E-state index in [1.807, 2.05) is 0 Å². The van der Waals surface area contributed by atoms with Gasteiger partial charge >= 0.3 is 5.97 Å². The highest BCUT2D eigenvalue weighted by Crippen LogP contribution is 2.19. The fourth-order valence-corrected chi connectivity index (χ4v) is 1.91. The van der Waals surface area contributed by atoms with Crippen LogP contribution in [0.5, 0.6) is 0 Å². The molecular weight excluding hydrogens is 210 g/mol. The molecule has 1 aliphatic heterocycles. The lowest BCUT2D eigenvalue weighted by atomic mass is 9.98. The Hall–Kier alpha value is -1.43. The van der Waals surface area contributed by atoms with Gasteiger partial charge in [-0.2, -0.15) is 5.10 Å². The smallest absolute Gasteiger partial charge is 0.307 e. The fourth-order valence-electron chi connectivity index (χ4n) is 1.91. The predicted octanol–water partition coefficient (Wildman–Crippen LogP) is -0.150. The molecule has 1 unspecified atom stereocenters. The minimum absolute atomic E-state index is 0.127. The standard InChI is InChI=1S/C10H15N3O3/c14-5-1-2-8-11-9-6-7(10(15)16)3-4-13(9)12-8/h7,14H,1-6H2,(H,15,16). The van der Waals surface area contributed by atoms with Crippen LogP contribution in [-0.2, 0) is 24.2 Å². The summed E-state index contributed by atoms with van der Waals surface area (Å²) in [5, 5.41) is 21.9. The summed E-state index contributed by atoms with van der Waals surface area (Å²) in [6.07, 6.45) is 2.37. The van der Waals surface area contributed by atoms with Crippen molar-refractivity contribution >= 4 is 5.97 Å². The summed E-state index contributed by atoms with van der Waals surface area (Å²) >= 11 is 0. The third kappa shape index (κ3) is 2.21. The van der Waals surface area contributed by atoms with Gasteiger partial charge in [0.05, 0.1) is 5.92 Å². The van der Waals surface area contributed by atoms with Gasteiger partial charge in [0, 0.05) is 26.0 Å². The number of aliphatic hydroxyl groups is 1. The second kappa shape index (κ2) is 4.61. The monoisotopic (exact) mass is 225 g/mol. The maximum Gasteiger partial charge on any atom is 0.307 e. The summed E-state index contributed by atoms with van der Waals surface area (Å²) < 4.78 is 1.78. The number of fused-ring (bicyclic) bond motifs is 1. The van der Waals surface area contributed by atoms with E-state index in [1.54, 1.807) is 4.68 Å². The number of hydrogen-bond donors (Lipinski definition) is 2.